The third-order valence-corrected chi connectivity index (χ3v) is 6.11. The van der Waals surface area contributed by atoms with E-state index in [2.05, 4.69) is 0 Å². The summed E-state index contributed by atoms with van der Waals surface area (Å²) in [6.07, 6.45) is 3.70. The number of carbonyl (C=O) groups is 3. The summed E-state index contributed by atoms with van der Waals surface area (Å²) in [5.74, 6) is -2.84. The first kappa shape index (κ1) is 16.5. The Hall–Kier alpha value is -1.95. The Balaban J connectivity index is 1.87. The smallest absolute Gasteiger partial charge is 0.346 e. The minimum atomic E-state index is -1.30. The number of ketones is 2. The molecule has 2 fully saturated rings. The summed E-state index contributed by atoms with van der Waals surface area (Å²) >= 11 is 0. The van der Waals surface area contributed by atoms with Gasteiger partial charge in [0.1, 0.15) is 5.57 Å². The lowest BCUT2D eigenvalue weighted by Gasteiger charge is -2.38. The summed E-state index contributed by atoms with van der Waals surface area (Å²) in [4.78, 5) is 37.6. The van der Waals surface area contributed by atoms with E-state index in [1.165, 1.54) is 6.08 Å². The molecule has 7 atom stereocenters. The quantitative estimate of drug-likeness (QED) is 0.409. The second kappa shape index (κ2) is 5.27. The first-order valence-corrected chi connectivity index (χ1v) is 8.85. The molecule has 1 saturated heterocycles. The molecule has 1 N–H and O–H groups in total. The van der Waals surface area contributed by atoms with Crippen molar-refractivity contribution in [1.82, 2.24) is 0 Å². The summed E-state index contributed by atoms with van der Waals surface area (Å²) in [6, 6.07) is 0. The molecule has 2 aliphatic heterocycles. The molecule has 2 heterocycles. The van der Waals surface area contributed by atoms with Crippen molar-refractivity contribution >= 4 is 17.5 Å². The van der Waals surface area contributed by atoms with E-state index >= 15 is 0 Å². The van der Waals surface area contributed by atoms with Crippen LogP contribution in [-0.2, 0) is 23.9 Å². The third kappa shape index (κ3) is 2.23. The Kier molecular flexibility index (Phi) is 3.48. The molecule has 0 aromatic carbocycles. The van der Waals surface area contributed by atoms with Crippen LogP contribution in [0.3, 0.4) is 0 Å². The lowest BCUT2D eigenvalue weighted by molar-refractivity contribution is -0.155. The number of aliphatic hydroxyl groups is 1. The van der Waals surface area contributed by atoms with Crippen LogP contribution < -0.4 is 0 Å². The Bertz CT molecular complexity index is 734. The maximum Gasteiger partial charge on any atom is 0.346 e. The summed E-state index contributed by atoms with van der Waals surface area (Å²) in [7, 11) is 0. The molecule has 1 spiro atoms. The number of rotatable bonds is 0. The van der Waals surface area contributed by atoms with Gasteiger partial charge in [-0.15, -0.1) is 0 Å². The van der Waals surface area contributed by atoms with Gasteiger partial charge in [0.25, 0.3) is 0 Å². The van der Waals surface area contributed by atoms with Crippen LogP contribution in [0.1, 0.15) is 33.6 Å². The molecule has 0 aromatic heterocycles. The van der Waals surface area contributed by atoms with E-state index in [9.17, 15) is 19.5 Å². The van der Waals surface area contributed by atoms with E-state index in [-0.39, 0.29) is 41.2 Å². The first-order valence-electron chi connectivity index (χ1n) is 8.85. The van der Waals surface area contributed by atoms with Gasteiger partial charge in [-0.1, -0.05) is 26.8 Å². The van der Waals surface area contributed by atoms with Gasteiger partial charge in [0.05, 0.1) is 18.1 Å². The molecule has 0 radical (unpaired) electrons. The Morgan fingerprint density at radius 1 is 1.12 bits per heavy atom. The van der Waals surface area contributed by atoms with E-state index in [0.29, 0.717) is 12.8 Å². The van der Waals surface area contributed by atoms with Crippen molar-refractivity contribution in [2.75, 3.05) is 0 Å². The fraction of sp³-hybridized carbons (Fsp3) is 0.632. The van der Waals surface area contributed by atoms with E-state index in [4.69, 9.17) is 9.47 Å². The maximum atomic E-state index is 12.8. The number of carbonyl (C=O) groups excluding carboxylic acids is 3. The SMILES string of the molecule is C[C@@H]1C[C@H](C)C(=O)/C=C/[C@@H]2[C@H]3O[C@H]3[C@H](C)C[C@@]23OC(=O)C(=C3O)C1=O. The standard InChI is InChI=1S/C19H22O6/c1-8-6-9(2)14(21)13-17(22)19(25-18(13)23)7-10(3)15-16(24-15)11(19)4-5-12(8)20/h4-5,8-11,15-16,22H,6-7H2,1-3H3/b5-4+/t8-,9+,10+,11+,15-,16+,19+/m0/s1. The van der Waals surface area contributed by atoms with Gasteiger partial charge in [0.15, 0.2) is 22.9 Å². The molecule has 25 heavy (non-hydrogen) atoms. The van der Waals surface area contributed by atoms with E-state index < -0.39 is 29.2 Å². The van der Waals surface area contributed by atoms with Gasteiger partial charge in [-0.2, -0.15) is 0 Å². The van der Waals surface area contributed by atoms with Crippen LogP contribution in [0.25, 0.3) is 0 Å². The van der Waals surface area contributed by atoms with Crippen LogP contribution in [0.15, 0.2) is 23.5 Å². The molecular weight excluding hydrogens is 324 g/mol. The number of esters is 1. The molecule has 4 rings (SSSR count). The van der Waals surface area contributed by atoms with Crippen molar-refractivity contribution in [2.24, 2.45) is 23.7 Å². The van der Waals surface area contributed by atoms with Crippen molar-refractivity contribution in [2.45, 2.75) is 51.4 Å². The zero-order valence-corrected chi connectivity index (χ0v) is 14.5. The van der Waals surface area contributed by atoms with Crippen LogP contribution >= 0.6 is 0 Å². The predicted octanol–water partition coefficient (Wildman–Crippen LogP) is 1.89. The molecule has 0 amide bonds. The highest BCUT2D eigenvalue weighted by atomic mass is 16.6. The fourth-order valence-corrected chi connectivity index (χ4v) is 4.66. The zero-order chi connectivity index (χ0) is 18.1. The Morgan fingerprint density at radius 2 is 1.84 bits per heavy atom. The zero-order valence-electron chi connectivity index (χ0n) is 14.5. The number of hydrogen-bond acceptors (Lipinski definition) is 6. The summed E-state index contributed by atoms with van der Waals surface area (Å²) in [5, 5.41) is 10.9. The first-order chi connectivity index (χ1) is 11.8. The van der Waals surface area contributed by atoms with Crippen LogP contribution in [-0.4, -0.2) is 40.5 Å². The van der Waals surface area contributed by atoms with Crippen molar-refractivity contribution in [3.63, 3.8) is 0 Å². The normalized spacial score (nSPS) is 47.6. The van der Waals surface area contributed by atoms with Gasteiger partial charge in [-0.25, -0.2) is 4.79 Å². The molecule has 4 aliphatic rings. The van der Waals surface area contributed by atoms with Gasteiger partial charge < -0.3 is 14.6 Å². The maximum absolute atomic E-state index is 12.8. The number of hydrogen-bond donors (Lipinski definition) is 1. The lowest BCUT2D eigenvalue weighted by atomic mass is 9.69. The van der Waals surface area contributed by atoms with Gasteiger partial charge in [-0.05, 0) is 18.4 Å². The third-order valence-electron chi connectivity index (χ3n) is 6.11. The van der Waals surface area contributed by atoms with Gasteiger partial charge in [-0.3, -0.25) is 9.59 Å². The van der Waals surface area contributed by atoms with Crippen LogP contribution in [0.4, 0.5) is 0 Å². The van der Waals surface area contributed by atoms with Crippen molar-refractivity contribution in [1.29, 1.82) is 0 Å². The van der Waals surface area contributed by atoms with E-state index in [0.717, 1.165) is 0 Å². The molecule has 6 nitrogen and oxygen atoms in total. The number of fused-ring (bicyclic) bond motifs is 2. The number of Topliss-reactive ketones (excluding diaryl/α,β-unsaturated/α-hetero) is 1. The second-order valence-corrected chi connectivity index (χ2v) is 7.94. The molecule has 6 heteroatoms. The average molecular weight is 346 g/mol. The van der Waals surface area contributed by atoms with Crippen molar-refractivity contribution in [3.8, 4) is 0 Å². The van der Waals surface area contributed by atoms with E-state index in [1.54, 1.807) is 19.9 Å². The molecule has 0 unspecified atom stereocenters. The molecule has 2 bridgehead atoms. The highest BCUT2D eigenvalue weighted by molar-refractivity contribution is 6.20. The van der Waals surface area contributed by atoms with Crippen LogP contribution in [0, 0.1) is 23.7 Å². The highest BCUT2D eigenvalue weighted by Crippen LogP contribution is 2.56. The molecule has 134 valence electrons. The number of epoxide rings is 1. The van der Waals surface area contributed by atoms with Crippen LogP contribution in [0.5, 0.6) is 0 Å². The lowest BCUT2D eigenvalue weighted by Crippen LogP contribution is -2.48. The number of aliphatic hydroxyl groups excluding tert-OH is 1. The summed E-state index contributed by atoms with van der Waals surface area (Å²) in [6.45, 7) is 5.42. The minimum absolute atomic E-state index is 0.0307. The topological polar surface area (TPSA) is 93.2 Å². The van der Waals surface area contributed by atoms with Gasteiger partial charge in [0, 0.05) is 18.3 Å². The number of allylic oxidation sites excluding steroid dienone is 1. The minimum Gasteiger partial charge on any atom is -0.507 e. The summed E-state index contributed by atoms with van der Waals surface area (Å²) in [5.41, 5.74) is -1.55. The predicted molar refractivity (Wildman–Crippen MR) is 86.5 cm³/mol. The second-order valence-electron chi connectivity index (χ2n) is 7.94. The fourth-order valence-electron chi connectivity index (χ4n) is 4.66. The molecule has 1 saturated carbocycles. The number of ether oxygens (including phenoxy) is 2. The molecular formula is C19H22O6. The van der Waals surface area contributed by atoms with E-state index in [1.807, 2.05) is 6.92 Å². The highest BCUT2D eigenvalue weighted by Gasteiger charge is 2.67. The molecule has 2 aliphatic carbocycles. The van der Waals surface area contributed by atoms with Gasteiger partial charge >= 0.3 is 5.97 Å². The summed E-state index contributed by atoms with van der Waals surface area (Å²) < 4.78 is 11.3. The average Bonchev–Trinajstić information content (AvgIpc) is 3.29. The largest absolute Gasteiger partial charge is 0.507 e. The van der Waals surface area contributed by atoms with Crippen LogP contribution in [0.2, 0.25) is 0 Å². The monoisotopic (exact) mass is 346 g/mol. The van der Waals surface area contributed by atoms with Crippen molar-refractivity contribution in [3.05, 3.63) is 23.5 Å². The Morgan fingerprint density at radius 3 is 2.56 bits per heavy atom. The molecule has 0 aromatic rings. The van der Waals surface area contributed by atoms with Gasteiger partial charge in [0.2, 0.25) is 0 Å². The van der Waals surface area contributed by atoms with Crippen molar-refractivity contribution < 1.29 is 29.0 Å². The Labute approximate surface area is 145 Å².